The van der Waals surface area contributed by atoms with E-state index in [0.717, 1.165) is 16.8 Å². The van der Waals surface area contributed by atoms with Crippen molar-refractivity contribution in [2.45, 2.75) is 20.4 Å². The van der Waals surface area contributed by atoms with Crippen LogP contribution in [0.15, 0.2) is 36.4 Å². The van der Waals surface area contributed by atoms with Crippen LogP contribution in [0.3, 0.4) is 0 Å². The second-order valence-electron chi connectivity index (χ2n) is 4.44. The van der Waals surface area contributed by atoms with Crippen LogP contribution < -0.4 is 5.32 Å². The highest BCUT2D eigenvalue weighted by Gasteiger charge is 2.01. The molecule has 94 valence electrons. The molecule has 0 aliphatic rings. The summed E-state index contributed by atoms with van der Waals surface area (Å²) in [6, 6.07) is 10.3. The van der Waals surface area contributed by atoms with Gasteiger partial charge in [-0.3, -0.25) is 0 Å². The highest BCUT2D eigenvalue weighted by Crippen LogP contribution is 2.21. The van der Waals surface area contributed by atoms with Crippen LogP contribution in [0.4, 0.5) is 10.1 Å². The van der Waals surface area contributed by atoms with Gasteiger partial charge in [0.1, 0.15) is 11.6 Å². The third-order valence-electron chi connectivity index (χ3n) is 2.92. The topological polar surface area (TPSA) is 32.3 Å². The fourth-order valence-corrected chi connectivity index (χ4v) is 1.86. The number of phenols is 1. The molecule has 0 unspecified atom stereocenters. The number of aryl methyl sites for hydroxylation is 2. The van der Waals surface area contributed by atoms with Gasteiger partial charge in [0.05, 0.1) is 0 Å². The van der Waals surface area contributed by atoms with Gasteiger partial charge in [-0.05, 0) is 54.8 Å². The van der Waals surface area contributed by atoms with Gasteiger partial charge in [-0.2, -0.15) is 0 Å². The van der Waals surface area contributed by atoms with Crippen LogP contribution in [0.5, 0.6) is 5.75 Å². The standard InChI is InChI=1S/C15H16FNO/c1-10-7-12(3-5-14(10)16)9-17-15-6-4-13(18)8-11(15)2/h3-8,17-18H,9H2,1-2H3. The van der Waals surface area contributed by atoms with Crippen LogP contribution >= 0.6 is 0 Å². The van der Waals surface area contributed by atoms with Gasteiger partial charge in [0.2, 0.25) is 0 Å². The number of aromatic hydroxyl groups is 1. The second-order valence-corrected chi connectivity index (χ2v) is 4.44. The fourth-order valence-electron chi connectivity index (χ4n) is 1.86. The van der Waals surface area contributed by atoms with Gasteiger partial charge in [-0.15, -0.1) is 0 Å². The molecule has 0 radical (unpaired) electrons. The van der Waals surface area contributed by atoms with E-state index < -0.39 is 0 Å². The molecular formula is C15H16FNO. The summed E-state index contributed by atoms with van der Waals surface area (Å²) in [4.78, 5) is 0. The summed E-state index contributed by atoms with van der Waals surface area (Å²) < 4.78 is 13.1. The Morgan fingerprint density at radius 1 is 1.06 bits per heavy atom. The quantitative estimate of drug-likeness (QED) is 0.807. The molecule has 0 saturated heterocycles. The summed E-state index contributed by atoms with van der Waals surface area (Å²) >= 11 is 0. The van der Waals surface area contributed by atoms with Gasteiger partial charge in [0, 0.05) is 12.2 Å². The van der Waals surface area contributed by atoms with E-state index in [9.17, 15) is 9.50 Å². The molecule has 0 saturated carbocycles. The fraction of sp³-hybridized carbons (Fsp3) is 0.200. The number of anilines is 1. The van der Waals surface area contributed by atoms with E-state index in [1.807, 2.05) is 19.1 Å². The van der Waals surface area contributed by atoms with E-state index in [2.05, 4.69) is 5.32 Å². The van der Waals surface area contributed by atoms with Crippen molar-refractivity contribution in [3.8, 4) is 5.75 Å². The summed E-state index contributed by atoms with van der Waals surface area (Å²) in [5.41, 5.74) is 3.63. The van der Waals surface area contributed by atoms with Crippen LogP contribution in [-0.4, -0.2) is 5.11 Å². The van der Waals surface area contributed by atoms with Crippen molar-refractivity contribution in [1.82, 2.24) is 0 Å². The van der Waals surface area contributed by atoms with Crippen LogP contribution in [0.2, 0.25) is 0 Å². The Hall–Kier alpha value is -2.03. The Kier molecular flexibility index (Phi) is 3.51. The second kappa shape index (κ2) is 5.08. The van der Waals surface area contributed by atoms with Gasteiger partial charge in [-0.25, -0.2) is 4.39 Å². The molecule has 0 aliphatic heterocycles. The molecule has 3 heteroatoms. The van der Waals surface area contributed by atoms with Crippen molar-refractivity contribution < 1.29 is 9.50 Å². The Balaban J connectivity index is 2.09. The van der Waals surface area contributed by atoms with E-state index in [1.165, 1.54) is 6.07 Å². The number of halogens is 1. The SMILES string of the molecule is Cc1cc(CNc2ccc(O)cc2C)ccc1F. The highest BCUT2D eigenvalue weighted by atomic mass is 19.1. The Labute approximate surface area is 106 Å². The summed E-state index contributed by atoms with van der Waals surface area (Å²) in [7, 11) is 0. The largest absolute Gasteiger partial charge is 0.508 e. The van der Waals surface area contributed by atoms with E-state index >= 15 is 0 Å². The molecule has 2 aromatic rings. The van der Waals surface area contributed by atoms with Crippen LogP contribution in [0, 0.1) is 19.7 Å². The lowest BCUT2D eigenvalue weighted by molar-refractivity contribution is 0.475. The third kappa shape index (κ3) is 2.80. The normalized spacial score (nSPS) is 10.4. The summed E-state index contributed by atoms with van der Waals surface area (Å²) in [6.45, 7) is 4.31. The van der Waals surface area contributed by atoms with Gasteiger partial charge >= 0.3 is 0 Å². The van der Waals surface area contributed by atoms with E-state index in [-0.39, 0.29) is 11.6 Å². The molecule has 0 atom stereocenters. The average molecular weight is 245 g/mol. The zero-order valence-corrected chi connectivity index (χ0v) is 10.5. The van der Waals surface area contributed by atoms with Crippen molar-refractivity contribution in [2.24, 2.45) is 0 Å². The molecular weight excluding hydrogens is 229 g/mol. The first-order chi connectivity index (χ1) is 8.56. The Morgan fingerprint density at radius 3 is 2.50 bits per heavy atom. The number of nitrogens with one attached hydrogen (secondary N) is 1. The average Bonchev–Trinajstić information content (AvgIpc) is 2.32. The zero-order valence-electron chi connectivity index (χ0n) is 10.5. The molecule has 2 aromatic carbocycles. The maximum atomic E-state index is 13.1. The van der Waals surface area contributed by atoms with Crippen LogP contribution in [-0.2, 0) is 6.54 Å². The molecule has 0 aliphatic carbocycles. The monoisotopic (exact) mass is 245 g/mol. The number of hydrogen-bond acceptors (Lipinski definition) is 2. The minimum absolute atomic E-state index is 0.181. The first-order valence-corrected chi connectivity index (χ1v) is 5.85. The summed E-state index contributed by atoms with van der Waals surface area (Å²) in [5.74, 6) is 0.0789. The lowest BCUT2D eigenvalue weighted by atomic mass is 10.1. The molecule has 2 rings (SSSR count). The van der Waals surface area contributed by atoms with Crippen molar-refractivity contribution in [3.63, 3.8) is 0 Å². The molecule has 0 spiro atoms. The van der Waals surface area contributed by atoms with Crippen molar-refractivity contribution in [1.29, 1.82) is 0 Å². The van der Waals surface area contributed by atoms with E-state index in [1.54, 1.807) is 25.1 Å². The van der Waals surface area contributed by atoms with Gasteiger partial charge in [0.25, 0.3) is 0 Å². The van der Waals surface area contributed by atoms with Gasteiger partial charge < -0.3 is 10.4 Å². The molecule has 18 heavy (non-hydrogen) atoms. The minimum Gasteiger partial charge on any atom is -0.508 e. The maximum absolute atomic E-state index is 13.1. The molecule has 0 bridgehead atoms. The molecule has 2 N–H and O–H groups in total. The predicted molar refractivity (Wildman–Crippen MR) is 71.3 cm³/mol. The zero-order chi connectivity index (χ0) is 13.1. The number of benzene rings is 2. The maximum Gasteiger partial charge on any atom is 0.126 e. The van der Waals surface area contributed by atoms with E-state index in [4.69, 9.17) is 0 Å². The Bertz CT molecular complexity index is 566. The minimum atomic E-state index is -0.181. The lowest BCUT2D eigenvalue weighted by Crippen LogP contribution is -2.01. The molecule has 0 amide bonds. The van der Waals surface area contributed by atoms with Crippen molar-refractivity contribution >= 4 is 5.69 Å². The first kappa shape index (κ1) is 12.4. The molecule has 0 fully saturated rings. The number of phenolic OH excluding ortho intramolecular Hbond substituents is 1. The molecule has 2 nitrogen and oxygen atoms in total. The third-order valence-corrected chi connectivity index (χ3v) is 2.92. The van der Waals surface area contributed by atoms with Crippen LogP contribution in [0.1, 0.15) is 16.7 Å². The van der Waals surface area contributed by atoms with Crippen molar-refractivity contribution in [3.05, 3.63) is 58.9 Å². The lowest BCUT2D eigenvalue weighted by Gasteiger charge is -2.10. The van der Waals surface area contributed by atoms with Gasteiger partial charge in [-0.1, -0.05) is 12.1 Å². The van der Waals surface area contributed by atoms with E-state index in [0.29, 0.717) is 12.1 Å². The predicted octanol–water partition coefficient (Wildman–Crippen LogP) is 3.76. The smallest absolute Gasteiger partial charge is 0.126 e. The first-order valence-electron chi connectivity index (χ1n) is 5.85. The summed E-state index contributed by atoms with van der Waals surface area (Å²) in [5, 5.41) is 12.6. The molecule has 0 heterocycles. The summed E-state index contributed by atoms with van der Waals surface area (Å²) in [6.07, 6.45) is 0. The molecule has 0 aromatic heterocycles. The van der Waals surface area contributed by atoms with Gasteiger partial charge in [0.15, 0.2) is 0 Å². The van der Waals surface area contributed by atoms with Crippen molar-refractivity contribution in [2.75, 3.05) is 5.32 Å². The number of hydrogen-bond donors (Lipinski definition) is 2. The highest BCUT2D eigenvalue weighted by molar-refractivity contribution is 5.53. The number of rotatable bonds is 3. The Morgan fingerprint density at radius 2 is 1.83 bits per heavy atom. The van der Waals surface area contributed by atoms with Crippen LogP contribution in [0.25, 0.3) is 0 Å².